The second-order valence-corrected chi connectivity index (χ2v) is 24.3. The number of carbonyl (C=O) groups excluding carboxylic acids is 2. The first-order valence-corrected chi connectivity index (χ1v) is 25.5. The molecule has 1 fully saturated rings. The maximum atomic E-state index is 14.3. The van der Waals surface area contributed by atoms with Gasteiger partial charge in [0, 0.05) is 0 Å². The Balaban J connectivity index is 1.77. The van der Waals surface area contributed by atoms with Crippen molar-refractivity contribution in [2.45, 2.75) is 114 Å². The van der Waals surface area contributed by atoms with Gasteiger partial charge in [0.1, 0.15) is 0 Å². The molecule has 3 aromatic rings. The van der Waals surface area contributed by atoms with Crippen LogP contribution in [0.4, 0.5) is 0 Å². The topological polar surface area (TPSA) is 148 Å². The Morgan fingerprint density at radius 2 is 1.69 bits per heavy atom. The molecule has 12 nitrogen and oxygen atoms in total. The van der Waals surface area contributed by atoms with E-state index in [0.717, 1.165) is 10.5 Å². The van der Waals surface area contributed by atoms with Gasteiger partial charge in [-0.15, -0.1) is 0 Å². The van der Waals surface area contributed by atoms with E-state index >= 15 is 0 Å². The fourth-order valence-electron chi connectivity index (χ4n) is 6.50. The summed E-state index contributed by atoms with van der Waals surface area (Å²) in [6.07, 6.45) is 0.185. The third kappa shape index (κ3) is 15.1. The Morgan fingerprint density at radius 1 is 0.983 bits per heavy atom. The van der Waals surface area contributed by atoms with Gasteiger partial charge in [-0.2, -0.15) is 0 Å². The van der Waals surface area contributed by atoms with Crippen LogP contribution in [0.2, 0.25) is 25.7 Å². The molecule has 316 valence electrons. The molecule has 1 heterocycles. The molecule has 6 atom stereocenters. The Morgan fingerprint density at radius 3 is 2.34 bits per heavy atom. The van der Waals surface area contributed by atoms with Crippen LogP contribution in [0.25, 0.3) is 10.4 Å². The molecule has 0 N–H and O–H groups in total. The van der Waals surface area contributed by atoms with E-state index in [1.165, 1.54) is 7.11 Å². The Labute approximate surface area is 352 Å². The number of methoxy groups -OCH3 is 1. The summed E-state index contributed by atoms with van der Waals surface area (Å²) in [5.74, 6) is -1.13. The second-order valence-electron chi connectivity index (χ2n) is 16.0. The van der Waals surface area contributed by atoms with Gasteiger partial charge < -0.3 is 0 Å². The summed E-state index contributed by atoms with van der Waals surface area (Å²) < 4.78 is 52.3. The van der Waals surface area contributed by atoms with Crippen LogP contribution in [0.15, 0.2) is 77.9 Å². The van der Waals surface area contributed by atoms with E-state index in [1.807, 2.05) is 58.0 Å². The van der Waals surface area contributed by atoms with Gasteiger partial charge in [0.25, 0.3) is 0 Å². The number of esters is 2. The van der Waals surface area contributed by atoms with E-state index < -0.39 is 44.1 Å². The molecule has 0 amide bonds. The van der Waals surface area contributed by atoms with Crippen molar-refractivity contribution in [1.29, 1.82) is 0 Å². The molecule has 0 saturated carbocycles. The van der Waals surface area contributed by atoms with Crippen molar-refractivity contribution in [1.82, 2.24) is 0 Å². The normalized spacial score (nSPS) is 18.5. The molecular weight excluding hydrogens is 822 g/mol. The molecule has 2 unspecified atom stereocenters. The number of hydrogen-bond acceptors (Lipinski definition) is 10. The number of nitrogens with zero attached hydrogens (tertiary/aromatic N) is 3. The van der Waals surface area contributed by atoms with Crippen LogP contribution in [0, 0.1) is 5.92 Å². The summed E-state index contributed by atoms with van der Waals surface area (Å²) in [5.41, 5.74) is 10.3. The summed E-state index contributed by atoms with van der Waals surface area (Å²) in [4.78, 5) is 30.4. The number of hydrogen-bond donors (Lipinski definition) is 0. The van der Waals surface area contributed by atoms with Crippen LogP contribution < -0.4 is 13.9 Å². The van der Waals surface area contributed by atoms with Crippen LogP contribution in [-0.4, -0.2) is 92.7 Å². The van der Waals surface area contributed by atoms with Gasteiger partial charge in [-0.1, -0.05) is 0 Å². The molecule has 58 heavy (non-hydrogen) atoms. The van der Waals surface area contributed by atoms with Gasteiger partial charge in [0.15, 0.2) is 0 Å². The van der Waals surface area contributed by atoms with Crippen LogP contribution in [0.3, 0.4) is 0 Å². The monoisotopic (exact) mass is 885 g/mol. The fourth-order valence-corrected chi connectivity index (χ4v) is 9.75. The number of benzene rings is 3. The Bertz CT molecular complexity index is 1830. The van der Waals surface area contributed by atoms with Crippen LogP contribution in [0.1, 0.15) is 92.2 Å². The molecular formula is C44H61N3O9SeSi. The van der Waals surface area contributed by atoms with E-state index in [1.54, 1.807) is 30.3 Å². The third-order valence-electron chi connectivity index (χ3n) is 9.66. The zero-order valence-electron chi connectivity index (χ0n) is 36.2. The summed E-state index contributed by atoms with van der Waals surface area (Å²) in [5, 5.41) is 3.61. The van der Waals surface area contributed by atoms with Crippen molar-refractivity contribution in [2.75, 3.05) is 33.7 Å². The van der Waals surface area contributed by atoms with Crippen LogP contribution in [-0.2, 0) is 23.7 Å². The molecule has 1 aliphatic heterocycles. The predicted octanol–water partition coefficient (Wildman–Crippen LogP) is 9.28. The van der Waals surface area contributed by atoms with Crippen LogP contribution in [0.5, 0.6) is 11.5 Å². The van der Waals surface area contributed by atoms with E-state index in [4.69, 9.17) is 40.1 Å². The SMILES string of the molecule is [3H]C(C)[C@@H](C)CC[C@H](OC(=O)c1ccccc1)[C@H]1OC(C)(C)OC1CC[C@@H]([Se]c1ccccc1)c1cc(OCCN=[N+]=[N-])cc(OCOC)c1C(=O)OCC[Si](C)(C)C. The van der Waals surface area contributed by atoms with Gasteiger partial charge in [-0.05, 0) is 0 Å². The molecule has 0 radical (unpaired) electrons. The van der Waals surface area contributed by atoms with Gasteiger partial charge in [0.2, 0.25) is 0 Å². The molecule has 0 aromatic heterocycles. The molecule has 0 aliphatic carbocycles. The quantitative estimate of drug-likeness (QED) is 0.0163. The predicted molar refractivity (Wildman–Crippen MR) is 229 cm³/mol. The van der Waals surface area contributed by atoms with E-state index in [9.17, 15) is 9.59 Å². The number of carbonyl (C=O) groups is 2. The standard InChI is InChI=1S/C44H61N3O9SeSi/c1-9-31(2)20-21-36(54-42(48)32-16-12-10-13-17-32)41-37(55-44(3,4)56-41)22-23-39(57-34-18-14-11-15-19-34)35-28-33(51-25-24-46-47-45)29-38(53-30-50-5)40(35)43(49)52-26-27-58(6,7)8/h10-19,28-29,31,36-37,39,41H,9,20-27,30H2,1-8H3/t31-,36+,37?,39-,41-/m1/s1/i9T/t9?,31-,36+,37?,39-,41-. The Kier molecular flexibility index (Phi) is 18.0. The fraction of sp³-hybridized carbons (Fsp3) is 0.545. The van der Waals surface area contributed by atoms with Gasteiger partial charge >= 0.3 is 354 Å². The molecule has 0 spiro atoms. The zero-order chi connectivity index (χ0) is 43.0. The van der Waals surface area contributed by atoms with Crippen LogP contribution >= 0.6 is 0 Å². The average molecular weight is 885 g/mol. The molecule has 4 rings (SSSR count). The first-order valence-electron chi connectivity index (χ1n) is 20.5. The van der Waals surface area contributed by atoms with Crippen molar-refractivity contribution in [3.05, 3.63) is 99.9 Å². The van der Waals surface area contributed by atoms with Gasteiger partial charge in [0.05, 0.1) is 0 Å². The van der Waals surface area contributed by atoms with Crippen molar-refractivity contribution in [3.8, 4) is 11.5 Å². The van der Waals surface area contributed by atoms with E-state index in [0.29, 0.717) is 48.1 Å². The minimum absolute atomic E-state index is 0.0688. The zero-order valence-corrected chi connectivity index (χ0v) is 37.9. The van der Waals surface area contributed by atoms with E-state index in [-0.39, 0.29) is 64.4 Å². The average Bonchev–Trinajstić information content (AvgIpc) is 3.52. The summed E-state index contributed by atoms with van der Waals surface area (Å²) in [6, 6.07) is 23.3. The van der Waals surface area contributed by atoms with Gasteiger partial charge in [-0.3, -0.25) is 0 Å². The van der Waals surface area contributed by atoms with Crippen molar-refractivity contribution in [2.24, 2.45) is 11.0 Å². The summed E-state index contributed by atoms with van der Waals surface area (Å²) >= 11 is -0.222. The molecule has 14 heteroatoms. The number of rotatable bonds is 24. The molecule has 3 aromatic carbocycles. The van der Waals surface area contributed by atoms with E-state index in [2.05, 4.69) is 41.8 Å². The molecule has 1 aliphatic rings. The van der Waals surface area contributed by atoms with Crippen molar-refractivity contribution >= 4 is 39.4 Å². The third-order valence-corrected chi connectivity index (χ3v) is 14.1. The molecule has 1 saturated heterocycles. The number of ether oxygens (including phenoxy) is 7. The Hall–Kier alpha value is -3.87. The van der Waals surface area contributed by atoms with Crippen molar-refractivity contribution in [3.63, 3.8) is 0 Å². The minimum atomic E-state index is -1.53. The first-order chi connectivity index (χ1) is 28.1. The van der Waals surface area contributed by atoms with Gasteiger partial charge in [-0.25, -0.2) is 0 Å². The summed E-state index contributed by atoms with van der Waals surface area (Å²) in [7, 11) is -0.0181. The number of azide groups is 1. The van der Waals surface area contributed by atoms with Crippen molar-refractivity contribution < 1.29 is 44.1 Å². The summed E-state index contributed by atoms with van der Waals surface area (Å²) in [6.45, 7) is 14.7. The maximum absolute atomic E-state index is 14.3. The second kappa shape index (κ2) is 23.1. The first kappa shape index (κ1) is 45.2. The molecule has 0 bridgehead atoms.